The monoisotopic (exact) mass is 303 g/mol. The second-order valence-electron chi connectivity index (χ2n) is 6.36. The molecule has 5 heteroatoms. The van der Waals surface area contributed by atoms with Crippen LogP contribution in [-0.2, 0) is 17.6 Å². The van der Waals surface area contributed by atoms with Gasteiger partial charge in [0.15, 0.2) is 0 Å². The Labute approximate surface area is 129 Å². The zero-order valence-electron chi connectivity index (χ0n) is 12.5. The van der Waals surface area contributed by atoms with Crippen molar-refractivity contribution < 1.29 is 4.79 Å². The first-order chi connectivity index (χ1) is 10.1. The van der Waals surface area contributed by atoms with E-state index in [9.17, 15) is 10.1 Å². The minimum atomic E-state index is -0.00385. The molecule has 4 nitrogen and oxygen atoms in total. The van der Waals surface area contributed by atoms with Crippen LogP contribution >= 0.6 is 11.3 Å². The number of hydrogen-bond acceptors (Lipinski definition) is 4. The van der Waals surface area contributed by atoms with Gasteiger partial charge >= 0.3 is 0 Å². The number of amides is 1. The molecule has 0 aromatic carbocycles. The molecule has 2 aliphatic rings. The Balaban J connectivity index is 1.79. The average Bonchev–Trinajstić information content (AvgIpc) is 2.72. The molecular formula is C16H21N3OS. The minimum absolute atomic E-state index is 0.00385. The fourth-order valence-corrected chi connectivity index (χ4v) is 4.43. The van der Waals surface area contributed by atoms with Crippen LogP contribution in [0.4, 0.5) is 5.00 Å². The van der Waals surface area contributed by atoms with Crippen LogP contribution < -0.4 is 10.6 Å². The molecule has 21 heavy (non-hydrogen) atoms. The van der Waals surface area contributed by atoms with Crippen molar-refractivity contribution in [2.75, 3.05) is 18.4 Å². The summed E-state index contributed by atoms with van der Waals surface area (Å²) in [7, 11) is 0. The van der Waals surface area contributed by atoms with E-state index in [0.29, 0.717) is 17.4 Å². The molecule has 1 aromatic heterocycles. The number of hydrogen-bond donors (Lipinski definition) is 2. The Bertz CT molecular complexity index is 597. The van der Waals surface area contributed by atoms with E-state index in [4.69, 9.17) is 0 Å². The quantitative estimate of drug-likeness (QED) is 0.902. The van der Waals surface area contributed by atoms with E-state index in [1.165, 1.54) is 10.4 Å². The highest BCUT2D eigenvalue weighted by Crippen LogP contribution is 2.39. The van der Waals surface area contributed by atoms with Crippen LogP contribution in [0.15, 0.2) is 0 Å². The molecule has 2 unspecified atom stereocenters. The van der Waals surface area contributed by atoms with Gasteiger partial charge in [-0.05, 0) is 49.8 Å². The molecular weight excluding hydrogens is 282 g/mol. The summed E-state index contributed by atoms with van der Waals surface area (Å²) in [5.74, 6) is 1.14. The van der Waals surface area contributed by atoms with Crippen molar-refractivity contribution in [2.24, 2.45) is 17.8 Å². The fraction of sp³-hybridized carbons (Fsp3) is 0.625. The second kappa shape index (κ2) is 5.78. The number of rotatable bonds is 3. The van der Waals surface area contributed by atoms with Gasteiger partial charge in [-0.1, -0.05) is 13.8 Å². The smallest absolute Gasteiger partial charge is 0.228 e. The lowest BCUT2D eigenvalue weighted by atomic mass is 9.88. The van der Waals surface area contributed by atoms with Gasteiger partial charge in [0, 0.05) is 10.8 Å². The van der Waals surface area contributed by atoms with E-state index in [2.05, 4.69) is 23.6 Å². The van der Waals surface area contributed by atoms with E-state index in [1.807, 2.05) is 6.92 Å². The lowest BCUT2D eigenvalue weighted by Crippen LogP contribution is -2.48. The van der Waals surface area contributed by atoms with Crippen LogP contribution in [0, 0.1) is 29.1 Å². The lowest BCUT2D eigenvalue weighted by Gasteiger charge is -2.31. The molecule has 2 N–H and O–H groups in total. The Kier molecular flexibility index (Phi) is 4.01. The normalized spacial score (nSPS) is 22.8. The van der Waals surface area contributed by atoms with Crippen molar-refractivity contribution in [2.45, 2.75) is 33.1 Å². The molecule has 1 aromatic rings. The van der Waals surface area contributed by atoms with Crippen LogP contribution in [0.5, 0.6) is 0 Å². The molecule has 1 fully saturated rings. The van der Waals surface area contributed by atoms with Gasteiger partial charge in [-0.3, -0.25) is 4.79 Å². The van der Waals surface area contributed by atoms with Gasteiger partial charge < -0.3 is 10.6 Å². The molecule has 2 heterocycles. The molecule has 2 atom stereocenters. The Morgan fingerprint density at radius 3 is 2.90 bits per heavy atom. The van der Waals surface area contributed by atoms with Gasteiger partial charge in [0.1, 0.15) is 11.1 Å². The number of carbonyl (C=O) groups excluding carboxylic acids is 1. The van der Waals surface area contributed by atoms with Crippen molar-refractivity contribution in [3.05, 3.63) is 16.0 Å². The van der Waals surface area contributed by atoms with E-state index in [-0.39, 0.29) is 11.8 Å². The highest BCUT2D eigenvalue weighted by molar-refractivity contribution is 7.16. The Morgan fingerprint density at radius 2 is 2.29 bits per heavy atom. The molecule has 1 saturated heterocycles. The number of thiophene rings is 1. The van der Waals surface area contributed by atoms with Gasteiger partial charge in [0.05, 0.1) is 5.56 Å². The van der Waals surface area contributed by atoms with Gasteiger partial charge in [0.25, 0.3) is 0 Å². The summed E-state index contributed by atoms with van der Waals surface area (Å²) in [6.07, 6.45) is 3.14. The third-order valence-corrected chi connectivity index (χ3v) is 5.96. The number of anilines is 1. The summed E-state index contributed by atoms with van der Waals surface area (Å²) in [5.41, 5.74) is 1.88. The van der Waals surface area contributed by atoms with Gasteiger partial charge in [-0.25, -0.2) is 0 Å². The fourth-order valence-electron chi connectivity index (χ4n) is 3.06. The topological polar surface area (TPSA) is 64.9 Å². The predicted molar refractivity (Wildman–Crippen MR) is 84.4 cm³/mol. The number of nitrogens with one attached hydrogen (secondary N) is 2. The van der Waals surface area contributed by atoms with Crippen LogP contribution in [0.2, 0.25) is 0 Å². The van der Waals surface area contributed by atoms with Crippen molar-refractivity contribution in [3.8, 4) is 6.07 Å². The first-order valence-electron chi connectivity index (χ1n) is 7.66. The van der Waals surface area contributed by atoms with E-state index < -0.39 is 0 Å². The maximum Gasteiger partial charge on any atom is 0.228 e. The van der Waals surface area contributed by atoms with Crippen molar-refractivity contribution in [1.29, 1.82) is 5.26 Å². The summed E-state index contributed by atoms with van der Waals surface area (Å²) in [6, 6.07) is 2.30. The summed E-state index contributed by atoms with van der Waals surface area (Å²) in [5, 5.41) is 16.4. The van der Waals surface area contributed by atoms with Crippen molar-refractivity contribution in [1.82, 2.24) is 5.32 Å². The van der Waals surface area contributed by atoms with E-state index in [1.54, 1.807) is 11.3 Å². The predicted octanol–water partition coefficient (Wildman–Crippen LogP) is 2.54. The SMILES string of the molecule is CC1CCc2c(sc(NC(=O)C(C)C3CNC3)c2C#N)C1. The first-order valence-corrected chi connectivity index (χ1v) is 8.48. The van der Waals surface area contributed by atoms with Gasteiger partial charge in [-0.2, -0.15) is 5.26 Å². The Hall–Kier alpha value is -1.38. The third-order valence-electron chi connectivity index (χ3n) is 4.79. The van der Waals surface area contributed by atoms with Crippen LogP contribution in [-0.4, -0.2) is 19.0 Å². The molecule has 1 aliphatic carbocycles. The maximum absolute atomic E-state index is 12.4. The maximum atomic E-state index is 12.4. The van der Waals surface area contributed by atoms with Gasteiger partial charge in [0.2, 0.25) is 5.91 Å². The second-order valence-corrected chi connectivity index (χ2v) is 7.47. The Morgan fingerprint density at radius 1 is 1.52 bits per heavy atom. The summed E-state index contributed by atoms with van der Waals surface area (Å²) in [4.78, 5) is 13.6. The highest BCUT2D eigenvalue weighted by atomic mass is 32.1. The van der Waals surface area contributed by atoms with Crippen molar-refractivity contribution in [3.63, 3.8) is 0 Å². The molecule has 0 bridgehead atoms. The van der Waals surface area contributed by atoms with Crippen LogP contribution in [0.25, 0.3) is 0 Å². The van der Waals surface area contributed by atoms with E-state index >= 15 is 0 Å². The van der Waals surface area contributed by atoms with Gasteiger partial charge in [-0.15, -0.1) is 11.3 Å². The van der Waals surface area contributed by atoms with Crippen molar-refractivity contribution >= 4 is 22.2 Å². The number of carbonyl (C=O) groups is 1. The third kappa shape index (κ3) is 2.70. The number of nitrogens with zero attached hydrogens (tertiary/aromatic N) is 1. The molecule has 1 amide bonds. The number of nitriles is 1. The molecule has 112 valence electrons. The summed E-state index contributed by atoms with van der Waals surface area (Å²) >= 11 is 1.60. The highest BCUT2D eigenvalue weighted by Gasteiger charge is 2.30. The molecule has 0 radical (unpaired) electrons. The van der Waals surface area contributed by atoms with Crippen LogP contribution in [0.3, 0.4) is 0 Å². The first kappa shape index (κ1) is 14.6. The summed E-state index contributed by atoms with van der Waals surface area (Å²) < 4.78 is 0. The van der Waals surface area contributed by atoms with Crippen LogP contribution in [0.1, 0.15) is 36.3 Å². The molecule has 1 aliphatic heterocycles. The van der Waals surface area contributed by atoms with E-state index in [0.717, 1.165) is 37.4 Å². The molecule has 0 saturated carbocycles. The zero-order chi connectivity index (χ0) is 15.0. The minimum Gasteiger partial charge on any atom is -0.316 e. The largest absolute Gasteiger partial charge is 0.316 e. The molecule has 0 spiro atoms. The average molecular weight is 303 g/mol. The summed E-state index contributed by atoms with van der Waals surface area (Å²) in [6.45, 7) is 6.05. The zero-order valence-corrected chi connectivity index (χ0v) is 13.3. The standard InChI is InChI=1S/C16H21N3OS/c1-9-3-4-12-13(6-17)16(21-14(12)5-9)19-15(20)10(2)11-7-18-8-11/h9-11,18H,3-5,7-8H2,1-2H3,(H,19,20). The lowest BCUT2D eigenvalue weighted by molar-refractivity contribution is -0.121. The number of fused-ring (bicyclic) bond motifs is 1. The molecule has 3 rings (SSSR count).